The SMILES string of the molecule is CCNc1cc(NC(C)CCSCC)nc(COCC)n1. The molecule has 0 aromatic carbocycles. The molecule has 0 aliphatic rings. The first kappa shape index (κ1) is 18.0. The van der Waals surface area contributed by atoms with Crippen molar-refractivity contribution >= 4 is 23.4 Å². The van der Waals surface area contributed by atoms with Crippen LogP contribution in [0.2, 0.25) is 0 Å². The number of nitrogens with zero attached hydrogens (tertiary/aromatic N) is 2. The normalized spacial score (nSPS) is 12.2. The number of hydrogen-bond donors (Lipinski definition) is 2. The van der Waals surface area contributed by atoms with Crippen LogP contribution in [-0.4, -0.2) is 40.7 Å². The largest absolute Gasteiger partial charge is 0.374 e. The minimum absolute atomic E-state index is 0.397. The Morgan fingerprint density at radius 2 is 2.00 bits per heavy atom. The van der Waals surface area contributed by atoms with E-state index in [2.05, 4.69) is 41.4 Å². The Kier molecular flexibility index (Phi) is 9.17. The van der Waals surface area contributed by atoms with Gasteiger partial charge in [0.15, 0.2) is 5.82 Å². The number of nitrogens with one attached hydrogen (secondary N) is 2. The average molecular weight is 312 g/mol. The summed E-state index contributed by atoms with van der Waals surface area (Å²) in [4.78, 5) is 8.98. The molecule has 0 bridgehead atoms. The molecule has 1 aromatic heterocycles. The van der Waals surface area contributed by atoms with E-state index in [9.17, 15) is 0 Å². The van der Waals surface area contributed by atoms with Crippen LogP contribution in [-0.2, 0) is 11.3 Å². The Morgan fingerprint density at radius 1 is 1.24 bits per heavy atom. The first-order valence-corrected chi connectivity index (χ1v) is 8.88. The van der Waals surface area contributed by atoms with E-state index < -0.39 is 0 Å². The van der Waals surface area contributed by atoms with Crippen molar-refractivity contribution in [1.82, 2.24) is 9.97 Å². The van der Waals surface area contributed by atoms with E-state index in [4.69, 9.17) is 4.74 Å². The Bertz CT molecular complexity index is 403. The maximum Gasteiger partial charge on any atom is 0.158 e. The molecule has 120 valence electrons. The van der Waals surface area contributed by atoms with Gasteiger partial charge in [0.2, 0.25) is 0 Å². The molecular weight excluding hydrogens is 284 g/mol. The molecule has 0 fully saturated rings. The Labute approximate surface area is 132 Å². The van der Waals surface area contributed by atoms with Gasteiger partial charge in [-0.1, -0.05) is 6.92 Å². The lowest BCUT2D eigenvalue weighted by Gasteiger charge is -2.16. The monoisotopic (exact) mass is 312 g/mol. The lowest BCUT2D eigenvalue weighted by Crippen LogP contribution is -2.18. The van der Waals surface area contributed by atoms with Crippen LogP contribution < -0.4 is 10.6 Å². The Hall–Kier alpha value is -1.01. The van der Waals surface area contributed by atoms with Gasteiger partial charge < -0.3 is 15.4 Å². The summed E-state index contributed by atoms with van der Waals surface area (Å²) in [5, 5.41) is 6.70. The molecule has 0 aliphatic heterocycles. The van der Waals surface area contributed by atoms with E-state index in [0.29, 0.717) is 25.1 Å². The lowest BCUT2D eigenvalue weighted by atomic mass is 10.2. The van der Waals surface area contributed by atoms with Crippen molar-refractivity contribution in [3.8, 4) is 0 Å². The summed E-state index contributed by atoms with van der Waals surface area (Å²) < 4.78 is 5.41. The zero-order chi connectivity index (χ0) is 15.5. The second-order valence-electron chi connectivity index (χ2n) is 4.75. The van der Waals surface area contributed by atoms with E-state index in [0.717, 1.165) is 24.6 Å². The van der Waals surface area contributed by atoms with Gasteiger partial charge in [0.05, 0.1) is 0 Å². The molecule has 6 heteroatoms. The van der Waals surface area contributed by atoms with E-state index in [1.54, 1.807) is 0 Å². The number of aromatic nitrogens is 2. The fourth-order valence-corrected chi connectivity index (χ4v) is 2.64. The molecule has 0 spiro atoms. The summed E-state index contributed by atoms with van der Waals surface area (Å²) in [6.45, 7) is 10.4. The van der Waals surface area contributed by atoms with E-state index in [1.165, 1.54) is 11.5 Å². The third kappa shape index (κ3) is 7.52. The first-order valence-electron chi connectivity index (χ1n) is 7.73. The molecule has 5 nitrogen and oxygen atoms in total. The number of ether oxygens (including phenoxy) is 1. The van der Waals surface area contributed by atoms with Crippen molar-refractivity contribution in [1.29, 1.82) is 0 Å². The topological polar surface area (TPSA) is 59.1 Å². The summed E-state index contributed by atoms with van der Waals surface area (Å²) in [6.07, 6.45) is 1.12. The molecule has 1 aromatic rings. The van der Waals surface area contributed by atoms with Gasteiger partial charge in [-0.2, -0.15) is 11.8 Å². The summed E-state index contributed by atoms with van der Waals surface area (Å²) in [5.41, 5.74) is 0. The van der Waals surface area contributed by atoms with Gasteiger partial charge in [-0.15, -0.1) is 0 Å². The van der Waals surface area contributed by atoms with E-state index in [1.807, 2.05) is 24.8 Å². The minimum Gasteiger partial charge on any atom is -0.374 e. The van der Waals surface area contributed by atoms with Gasteiger partial charge in [0, 0.05) is 25.3 Å². The molecular formula is C15H28N4OS. The Morgan fingerprint density at radius 3 is 2.67 bits per heavy atom. The molecule has 0 saturated heterocycles. The highest BCUT2D eigenvalue weighted by Crippen LogP contribution is 2.15. The third-order valence-corrected chi connectivity index (χ3v) is 3.79. The van der Waals surface area contributed by atoms with Crippen molar-refractivity contribution in [2.45, 2.75) is 46.8 Å². The lowest BCUT2D eigenvalue weighted by molar-refractivity contribution is 0.128. The molecule has 2 N–H and O–H groups in total. The van der Waals surface area contributed by atoms with Gasteiger partial charge >= 0.3 is 0 Å². The van der Waals surface area contributed by atoms with Crippen molar-refractivity contribution in [3.63, 3.8) is 0 Å². The number of hydrogen-bond acceptors (Lipinski definition) is 6. The van der Waals surface area contributed by atoms with Crippen LogP contribution in [0.25, 0.3) is 0 Å². The predicted molar refractivity (Wildman–Crippen MR) is 92.2 cm³/mol. The van der Waals surface area contributed by atoms with Gasteiger partial charge in [-0.25, -0.2) is 9.97 Å². The van der Waals surface area contributed by atoms with Crippen LogP contribution in [0.5, 0.6) is 0 Å². The highest BCUT2D eigenvalue weighted by Gasteiger charge is 2.07. The standard InChI is InChI=1S/C15H28N4OS/c1-5-16-13-10-14(17-12(4)8-9-21-7-3)19-15(18-13)11-20-6-2/h10,12H,5-9,11H2,1-4H3,(H2,16,17,18,19). The van der Waals surface area contributed by atoms with Crippen LogP contribution in [0.15, 0.2) is 6.07 Å². The van der Waals surface area contributed by atoms with Crippen LogP contribution in [0.4, 0.5) is 11.6 Å². The second-order valence-corrected chi connectivity index (χ2v) is 6.15. The number of thioether (sulfide) groups is 1. The smallest absolute Gasteiger partial charge is 0.158 e. The molecule has 1 rings (SSSR count). The van der Waals surface area contributed by atoms with E-state index >= 15 is 0 Å². The first-order chi connectivity index (χ1) is 10.2. The van der Waals surface area contributed by atoms with E-state index in [-0.39, 0.29) is 0 Å². The van der Waals surface area contributed by atoms with Gasteiger partial charge in [-0.05, 0) is 38.7 Å². The van der Waals surface area contributed by atoms with Crippen LogP contribution in [0, 0.1) is 0 Å². The highest BCUT2D eigenvalue weighted by atomic mass is 32.2. The predicted octanol–water partition coefficient (Wildman–Crippen LogP) is 3.39. The summed E-state index contributed by atoms with van der Waals surface area (Å²) in [7, 11) is 0. The fourth-order valence-electron chi connectivity index (χ4n) is 1.83. The van der Waals surface area contributed by atoms with Gasteiger partial charge in [-0.3, -0.25) is 0 Å². The Balaban J connectivity index is 2.67. The molecule has 21 heavy (non-hydrogen) atoms. The number of rotatable bonds is 11. The molecule has 0 radical (unpaired) electrons. The summed E-state index contributed by atoms with van der Waals surface area (Å²) in [6, 6.07) is 2.36. The quantitative estimate of drug-likeness (QED) is 0.611. The van der Waals surface area contributed by atoms with Crippen molar-refractivity contribution in [3.05, 3.63) is 11.9 Å². The molecule has 0 amide bonds. The molecule has 0 saturated carbocycles. The molecule has 0 aliphatic carbocycles. The van der Waals surface area contributed by atoms with Crippen LogP contribution in [0.1, 0.15) is 39.9 Å². The summed E-state index contributed by atoms with van der Waals surface area (Å²) in [5.74, 6) is 4.77. The number of anilines is 2. The minimum atomic E-state index is 0.397. The average Bonchev–Trinajstić information content (AvgIpc) is 2.45. The van der Waals surface area contributed by atoms with Crippen LogP contribution in [0.3, 0.4) is 0 Å². The fraction of sp³-hybridized carbons (Fsp3) is 0.733. The van der Waals surface area contributed by atoms with Crippen LogP contribution >= 0.6 is 11.8 Å². The van der Waals surface area contributed by atoms with Crippen molar-refractivity contribution in [2.75, 3.05) is 35.3 Å². The molecule has 1 atom stereocenters. The zero-order valence-corrected chi connectivity index (χ0v) is 14.4. The van der Waals surface area contributed by atoms with Gasteiger partial charge in [0.25, 0.3) is 0 Å². The van der Waals surface area contributed by atoms with Gasteiger partial charge in [0.1, 0.15) is 18.2 Å². The van der Waals surface area contributed by atoms with Crippen molar-refractivity contribution in [2.24, 2.45) is 0 Å². The molecule has 1 unspecified atom stereocenters. The third-order valence-electron chi connectivity index (χ3n) is 2.86. The molecule has 1 heterocycles. The second kappa shape index (κ2) is 10.7. The highest BCUT2D eigenvalue weighted by molar-refractivity contribution is 7.99. The maximum atomic E-state index is 5.41. The maximum absolute atomic E-state index is 5.41. The van der Waals surface area contributed by atoms with Crippen molar-refractivity contribution < 1.29 is 4.74 Å². The zero-order valence-electron chi connectivity index (χ0n) is 13.6. The summed E-state index contributed by atoms with van der Waals surface area (Å²) >= 11 is 1.97.